The van der Waals surface area contributed by atoms with Crippen LogP contribution in [0.25, 0.3) is 11.0 Å². The van der Waals surface area contributed by atoms with Gasteiger partial charge in [-0.1, -0.05) is 34.1 Å². The SMILES string of the molecule is CN(C)S(=O)(=O)c1ccc2nnn(OCc3c(Cl)cccc3Cl)c2c1. The van der Waals surface area contributed by atoms with Gasteiger partial charge in [-0.25, -0.2) is 12.7 Å². The van der Waals surface area contributed by atoms with Gasteiger partial charge in [-0.3, -0.25) is 0 Å². The Morgan fingerprint density at radius 3 is 2.48 bits per heavy atom. The van der Waals surface area contributed by atoms with E-state index in [1.807, 2.05) is 0 Å². The maximum absolute atomic E-state index is 12.3. The fraction of sp³-hybridized carbons (Fsp3) is 0.200. The van der Waals surface area contributed by atoms with Crippen molar-refractivity contribution in [2.24, 2.45) is 0 Å². The third kappa shape index (κ3) is 3.43. The van der Waals surface area contributed by atoms with E-state index in [1.165, 1.54) is 26.2 Å². The highest BCUT2D eigenvalue weighted by Crippen LogP contribution is 2.25. The van der Waals surface area contributed by atoms with Gasteiger partial charge in [0.2, 0.25) is 10.0 Å². The molecule has 1 heterocycles. The van der Waals surface area contributed by atoms with Crippen molar-refractivity contribution >= 4 is 44.3 Å². The molecule has 10 heteroatoms. The van der Waals surface area contributed by atoms with Gasteiger partial charge in [-0.2, -0.15) is 0 Å². The summed E-state index contributed by atoms with van der Waals surface area (Å²) in [5, 5.41) is 8.78. The molecule has 0 bridgehead atoms. The normalized spacial score (nSPS) is 12.0. The predicted molar refractivity (Wildman–Crippen MR) is 95.1 cm³/mol. The van der Waals surface area contributed by atoms with Crippen LogP contribution in [-0.2, 0) is 16.6 Å². The van der Waals surface area contributed by atoms with Gasteiger partial charge in [0.1, 0.15) is 17.6 Å². The molecule has 2 aromatic carbocycles. The molecule has 0 N–H and O–H groups in total. The minimum absolute atomic E-state index is 0.0572. The molecular formula is C15H14Cl2N4O3S. The first-order valence-corrected chi connectivity index (χ1v) is 9.34. The first-order chi connectivity index (χ1) is 11.8. The molecule has 3 aromatic rings. The summed E-state index contributed by atoms with van der Waals surface area (Å²) in [6.45, 7) is 0.0572. The number of halogens is 2. The number of hydrogen-bond acceptors (Lipinski definition) is 5. The van der Waals surface area contributed by atoms with E-state index in [9.17, 15) is 8.42 Å². The van der Waals surface area contributed by atoms with Gasteiger partial charge in [-0.15, -0.1) is 5.10 Å². The Bertz CT molecular complexity index is 1010. The molecule has 7 nitrogen and oxygen atoms in total. The summed E-state index contributed by atoms with van der Waals surface area (Å²) >= 11 is 12.2. The number of benzene rings is 2. The van der Waals surface area contributed by atoms with E-state index in [4.69, 9.17) is 28.0 Å². The molecule has 0 fully saturated rings. The Balaban J connectivity index is 1.95. The number of sulfonamides is 1. The van der Waals surface area contributed by atoms with Crippen molar-refractivity contribution in [3.63, 3.8) is 0 Å². The lowest BCUT2D eigenvalue weighted by Crippen LogP contribution is -2.22. The number of nitrogens with zero attached hydrogens (tertiary/aromatic N) is 4. The van der Waals surface area contributed by atoms with Crippen molar-refractivity contribution in [3.05, 3.63) is 52.0 Å². The van der Waals surface area contributed by atoms with Crippen LogP contribution in [0, 0.1) is 0 Å². The maximum Gasteiger partial charge on any atom is 0.242 e. The summed E-state index contributed by atoms with van der Waals surface area (Å²) in [6.07, 6.45) is 0. The molecule has 0 radical (unpaired) electrons. The summed E-state index contributed by atoms with van der Waals surface area (Å²) in [5.74, 6) is 0. The lowest BCUT2D eigenvalue weighted by atomic mass is 10.2. The second kappa shape index (κ2) is 6.80. The van der Waals surface area contributed by atoms with E-state index in [1.54, 1.807) is 24.3 Å². The number of aromatic nitrogens is 3. The average Bonchev–Trinajstić information content (AvgIpc) is 2.96. The van der Waals surface area contributed by atoms with Crippen LogP contribution in [0.15, 0.2) is 41.3 Å². The van der Waals surface area contributed by atoms with E-state index in [0.717, 1.165) is 9.15 Å². The summed E-state index contributed by atoms with van der Waals surface area (Å²) in [7, 11) is -0.650. The molecule has 132 valence electrons. The summed E-state index contributed by atoms with van der Waals surface area (Å²) in [6, 6.07) is 9.64. The fourth-order valence-corrected chi connectivity index (χ4v) is 3.57. The molecule has 0 aliphatic rings. The smallest absolute Gasteiger partial charge is 0.242 e. The largest absolute Gasteiger partial charge is 0.390 e. The molecule has 0 atom stereocenters. The Morgan fingerprint density at radius 2 is 1.84 bits per heavy atom. The van der Waals surface area contributed by atoms with Crippen LogP contribution in [0.2, 0.25) is 10.0 Å². The highest BCUT2D eigenvalue weighted by Gasteiger charge is 2.19. The first kappa shape index (κ1) is 17.9. The van der Waals surface area contributed by atoms with E-state index < -0.39 is 10.0 Å². The van der Waals surface area contributed by atoms with Crippen LogP contribution >= 0.6 is 23.2 Å². The zero-order valence-electron chi connectivity index (χ0n) is 13.3. The predicted octanol–water partition coefficient (Wildman–Crippen LogP) is 2.62. The van der Waals surface area contributed by atoms with Gasteiger partial charge >= 0.3 is 0 Å². The van der Waals surface area contributed by atoms with Gasteiger partial charge in [0.15, 0.2) is 0 Å². The van der Waals surface area contributed by atoms with Crippen molar-refractivity contribution in [2.75, 3.05) is 14.1 Å². The molecule has 25 heavy (non-hydrogen) atoms. The first-order valence-electron chi connectivity index (χ1n) is 7.15. The Hall–Kier alpha value is -1.87. The molecule has 1 aromatic heterocycles. The minimum atomic E-state index is -3.58. The molecular weight excluding hydrogens is 387 g/mol. The molecule has 0 amide bonds. The number of fused-ring (bicyclic) bond motifs is 1. The van der Waals surface area contributed by atoms with Gasteiger partial charge in [0.25, 0.3) is 0 Å². The summed E-state index contributed by atoms with van der Waals surface area (Å²) in [4.78, 5) is 6.88. The van der Waals surface area contributed by atoms with Crippen molar-refractivity contribution < 1.29 is 13.3 Å². The Morgan fingerprint density at radius 1 is 1.16 bits per heavy atom. The quantitative estimate of drug-likeness (QED) is 0.657. The third-order valence-electron chi connectivity index (χ3n) is 3.56. The Kier molecular flexibility index (Phi) is 4.88. The van der Waals surface area contributed by atoms with Crippen LogP contribution in [-0.4, -0.2) is 42.0 Å². The van der Waals surface area contributed by atoms with Crippen molar-refractivity contribution in [3.8, 4) is 0 Å². The zero-order valence-corrected chi connectivity index (χ0v) is 15.7. The number of rotatable bonds is 5. The highest BCUT2D eigenvalue weighted by molar-refractivity contribution is 7.89. The molecule has 0 aliphatic heterocycles. The third-order valence-corrected chi connectivity index (χ3v) is 6.08. The standard InChI is InChI=1S/C15H14Cl2N4O3S/c1-20(2)25(22,23)10-6-7-14-15(8-10)21(19-18-14)24-9-11-12(16)4-3-5-13(11)17/h3-8H,9H2,1-2H3. The van der Waals surface area contributed by atoms with Gasteiger partial charge < -0.3 is 4.84 Å². The van der Waals surface area contributed by atoms with Crippen molar-refractivity contribution in [1.29, 1.82) is 0 Å². The van der Waals surface area contributed by atoms with Crippen LogP contribution in [0.3, 0.4) is 0 Å². The topological polar surface area (TPSA) is 77.3 Å². The highest BCUT2D eigenvalue weighted by atomic mass is 35.5. The molecule has 0 unspecified atom stereocenters. The molecule has 0 spiro atoms. The second-order valence-electron chi connectivity index (χ2n) is 5.37. The Labute approximate surface area is 154 Å². The monoisotopic (exact) mass is 400 g/mol. The lowest BCUT2D eigenvalue weighted by Gasteiger charge is -2.12. The van der Waals surface area contributed by atoms with Crippen molar-refractivity contribution in [2.45, 2.75) is 11.5 Å². The van der Waals surface area contributed by atoms with E-state index >= 15 is 0 Å². The molecule has 0 saturated carbocycles. The van der Waals surface area contributed by atoms with Gasteiger partial charge in [0, 0.05) is 29.7 Å². The summed E-state index contributed by atoms with van der Waals surface area (Å²) < 4.78 is 25.7. The van der Waals surface area contributed by atoms with Crippen LogP contribution in [0.4, 0.5) is 0 Å². The maximum atomic E-state index is 12.3. The van der Waals surface area contributed by atoms with E-state index in [0.29, 0.717) is 26.6 Å². The van der Waals surface area contributed by atoms with E-state index in [-0.39, 0.29) is 11.5 Å². The second-order valence-corrected chi connectivity index (χ2v) is 8.34. The molecule has 0 saturated heterocycles. The van der Waals surface area contributed by atoms with Gasteiger partial charge in [-0.05, 0) is 35.5 Å². The van der Waals surface area contributed by atoms with Gasteiger partial charge in [0.05, 0.1) is 4.90 Å². The average molecular weight is 401 g/mol. The molecule has 0 aliphatic carbocycles. The fourth-order valence-electron chi connectivity index (χ4n) is 2.14. The van der Waals surface area contributed by atoms with Crippen LogP contribution in [0.1, 0.15) is 5.56 Å². The van der Waals surface area contributed by atoms with Crippen LogP contribution < -0.4 is 4.84 Å². The number of hydrogen-bond donors (Lipinski definition) is 0. The lowest BCUT2D eigenvalue weighted by molar-refractivity contribution is 0.0752. The molecule has 3 rings (SSSR count). The van der Waals surface area contributed by atoms with Crippen molar-refractivity contribution in [1.82, 2.24) is 19.5 Å². The zero-order chi connectivity index (χ0) is 18.2. The van der Waals surface area contributed by atoms with E-state index in [2.05, 4.69) is 10.3 Å². The minimum Gasteiger partial charge on any atom is -0.390 e. The van der Waals surface area contributed by atoms with Crippen LogP contribution in [0.5, 0.6) is 0 Å². The summed E-state index contributed by atoms with van der Waals surface area (Å²) in [5.41, 5.74) is 1.53.